The molecule has 2 rings (SSSR count). The van der Waals surface area contributed by atoms with Gasteiger partial charge in [0.2, 0.25) is 0 Å². The summed E-state index contributed by atoms with van der Waals surface area (Å²) in [5, 5.41) is 6.01. The minimum atomic E-state index is 0.621. The Morgan fingerprint density at radius 1 is 1.29 bits per heavy atom. The maximum Gasteiger partial charge on any atom is 0.0446 e. The Balaban J connectivity index is 2.15. The van der Waals surface area contributed by atoms with E-state index in [4.69, 9.17) is 0 Å². The summed E-state index contributed by atoms with van der Waals surface area (Å²) in [7, 11) is 0. The molecule has 17 heavy (non-hydrogen) atoms. The highest BCUT2D eigenvalue weighted by Crippen LogP contribution is 2.37. The summed E-state index contributed by atoms with van der Waals surface area (Å²) in [6.45, 7) is 5.59. The summed E-state index contributed by atoms with van der Waals surface area (Å²) >= 11 is 1.95. The number of nitrogens with one attached hydrogen (secondary N) is 1. The predicted octanol–water partition coefficient (Wildman–Crippen LogP) is 4.54. The first-order valence-corrected chi connectivity index (χ1v) is 8.04. The normalized spacial score (nSPS) is 19.4. The number of thiophene rings is 1. The van der Waals surface area contributed by atoms with Gasteiger partial charge < -0.3 is 5.32 Å². The zero-order chi connectivity index (χ0) is 12.1. The highest BCUT2D eigenvalue weighted by molar-refractivity contribution is 7.10. The molecular weight excluding hydrogens is 226 g/mol. The van der Waals surface area contributed by atoms with Crippen LogP contribution in [-0.4, -0.2) is 6.54 Å². The lowest BCUT2D eigenvalue weighted by atomic mass is 9.82. The fraction of sp³-hybridized carbons (Fsp3) is 0.733. The van der Waals surface area contributed by atoms with Gasteiger partial charge in [-0.25, -0.2) is 0 Å². The molecule has 1 atom stereocenters. The molecule has 2 heteroatoms. The van der Waals surface area contributed by atoms with Gasteiger partial charge in [0.25, 0.3) is 0 Å². The van der Waals surface area contributed by atoms with Crippen LogP contribution >= 0.6 is 11.3 Å². The van der Waals surface area contributed by atoms with E-state index in [1.807, 2.05) is 11.3 Å². The lowest BCUT2D eigenvalue weighted by Gasteiger charge is -2.31. The van der Waals surface area contributed by atoms with Crippen LogP contribution in [0.4, 0.5) is 0 Å². The van der Waals surface area contributed by atoms with Crippen LogP contribution in [0.1, 0.15) is 62.4 Å². The second-order valence-electron chi connectivity index (χ2n) is 5.10. The average Bonchev–Trinajstić information content (AvgIpc) is 2.85. The quantitative estimate of drug-likeness (QED) is 0.810. The van der Waals surface area contributed by atoms with Crippen molar-refractivity contribution in [3.8, 4) is 0 Å². The number of hydrogen-bond donors (Lipinski definition) is 1. The first kappa shape index (κ1) is 13.1. The van der Waals surface area contributed by atoms with E-state index < -0.39 is 0 Å². The molecule has 1 unspecified atom stereocenters. The summed E-state index contributed by atoms with van der Waals surface area (Å²) in [5.41, 5.74) is 1.56. The third-order valence-electron chi connectivity index (χ3n) is 3.99. The topological polar surface area (TPSA) is 12.0 Å². The molecule has 0 spiro atoms. The maximum atomic E-state index is 3.74. The van der Waals surface area contributed by atoms with Gasteiger partial charge in [0.05, 0.1) is 0 Å². The summed E-state index contributed by atoms with van der Waals surface area (Å²) in [4.78, 5) is 1.61. The van der Waals surface area contributed by atoms with Crippen LogP contribution in [0.2, 0.25) is 0 Å². The molecule has 1 nitrogen and oxygen atoms in total. The van der Waals surface area contributed by atoms with Gasteiger partial charge in [-0.3, -0.25) is 0 Å². The summed E-state index contributed by atoms with van der Waals surface area (Å²) < 4.78 is 0. The van der Waals surface area contributed by atoms with E-state index in [0.717, 1.165) is 12.5 Å². The zero-order valence-corrected chi connectivity index (χ0v) is 12.0. The van der Waals surface area contributed by atoms with Gasteiger partial charge in [0, 0.05) is 10.9 Å². The number of hydrogen-bond acceptors (Lipinski definition) is 2. The second-order valence-corrected chi connectivity index (χ2v) is 6.04. The van der Waals surface area contributed by atoms with Gasteiger partial charge in [-0.05, 0) is 48.7 Å². The Morgan fingerprint density at radius 3 is 2.71 bits per heavy atom. The molecule has 0 bridgehead atoms. The van der Waals surface area contributed by atoms with Crippen molar-refractivity contribution in [2.24, 2.45) is 5.92 Å². The van der Waals surface area contributed by atoms with E-state index in [1.165, 1.54) is 38.5 Å². The fourth-order valence-corrected chi connectivity index (χ4v) is 4.24. The van der Waals surface area contributed by atoms with E-state index in [2.05, 4.69) is 30.6 Å². The highest BCUT2D eigenvalue weighted by Gasteiger charge is 2.26. The Hall–Kier alpha value is -0.340. The third kappa shape index (κ3) is 3.11. The van der Waals surface area contributed by atoms with Gasteiger partial charge in [0.1, 0.15) is 0 Å². The second kappa shape index (κ2) is 6.55. The van der Waals surface area contributed by atoms with Crippen LogP contribution in [0.25, 0.3) is 0 Å². The van der Waals surface area contributed by atoms with Crippen LogP contribution in [0.15, 0.2) is 11.4 Å². The largest absolute Gasteiger partial charge is 0.309 e. The molecule has 0 amide bonds. The predicted molar refractivity (Wildman–Crippen MR) is 76.7 cm³/mol. The molecule has 1 aromatic rings. The molecule has 1 saturated carbocycles. The maximum absolute atomic E-state index is 3.74. The monoisotopic (exact) mass is 251 g/mol. The lowest BCUT2D eigenvalue weighted by Crippen LogP contribution is -2.29. The molecule has 1 aliphatic rings. The van der Waals surface area contributed by atoms with Crippen molar-refractivity contribution in [2.45, 2.75) is 58.4 Å². The molecule has 1 aromatic heterocycles. The third-order valence-corrected chi connectivity index (χ3v) is 5.03. The van der Waals surface area contributed by atoms with Crippen molar-refractivity contribution in [1.82, 2.24) is 5.32 Å². The molecule has 1 fully saturated rings. The van der Waals surface area contributed by atoms with Crippen molar-refractivity contribution in [1.29, 1.82) is 0 Å². The van der Waals surface area contributed by atoms with Gasteiger partial charge in [0.15, 0.2) is 0 Å². The van der Waals surface area contributed by atoms with Crippen molar-refractivity contribution >= 4 is 11.3 Å². The summed E-state index contributed by atoms with van der Waals surface area (Å²) in [6.07, 6.45) is 8.31. The van der Waals surface area contributed by atoms with E-state index >= 15 is 0 Å². The zero-order valence-electron chi connectivity index (χ0n) is 11.2. The highest BCUT2D eigenvalue weighted by atomic mass is 32.1. The van der Waals surface area contributed by atoms with Crippen LogP contribution in [0.5, 0.6) is 0 Å². The van der Waals surface area contributed by atoms with Gasteiger partial charge in [-0.15, -0.1) is 11.3 Å². The minimum Gasteiger partial charge on any atom is -0.309 e. The standard InChI is InChI=1S/C15H25NS/c1-3-12-10-11-17-15(12)14(16-4-2)13-8-6-5-7-9-13/h10-11,13-14,16H,3-9H2,1-2H3. The van der Waals surface area contributed by atoms with Gasteiger partial charge >= 0.3 is 0 Å². The first-order chi connectivity index (χ1) is 8.36. The molecule has 1 aliphatic carbocycles. The molecule has 1 heterocycles. The molecule has 0 aliphatic heterocycles. The molecule has 96 valence electrons. The van der Waals surface area contributed by atoms with E-state index in [-0.39, 0.29) is 0 Å². The summed E-state index contributed by atoms with van der Waals surface area (Å²) in [6, 6.07) is 2.93. The number of rotatable bonds is 5. The van der Waals surface area contributed by atoms with E-state index in [1.54, 1.807) is 10.4 Å². The lowest BCUT2D eigenvalue weighted by molar-refractivity contribution is 0.276. The Bertz CT molecular complexity index is 325. The van der Waals surface area contributed by atoms with Gasteiger partial charge in [-0.2, -0.15) is 0 Å². The van der Waals surface area contributed by atoms with Crippen LogP contribution in [-0.2, 0) is 6.42 Å². The molecule has 0 aromatic carbocycles. The smallest absolute Gasteiger partial charge is 0.0446 e. The fourth-order valence-electron chi connectivity index (χ4n) is 3.07. The SMILES string of the molecule is CCNC(c1sccc1CC)C1CCCCC1. The average molecular weight is 251 g/mol. The van der Waals surface area contributed by atoms with E-state index in [9.17, 15) is 0 Å². The molecule has 0 saturated heterocycles. The van der Waals surface area contributed by atoms with Crippen molar-refractivity contribution in [2.75, 3.05) is 6.54 Å². The van der Waals surface area contributed by atoms with Crippen LogP contribution in [0, 0.1) is 5.92 Å². The van der Waals surface area contributed by atoms with Crippen LogP contribution < -0.4 is 5.32 Å². The van der Waals surface area contributed by atoms with Crippen molar-refractivity contribution in [3.63, 3.8) is 0 Å². The van der Waals surface area contributed by atoms with Crippen molar-refractivity contribution in [3.05, 3.63) is 21.9 Å². The molecular formula is C15H25NS. The van der Waals surface area contributed by atoms with E-state index in [0.29, 0.717) is 6.04 Å². The Kier molecular flexibility index (Phi) is 5.05. The molecule has 0 radical (unpaired) electrons. The summed E-state index contributed by atoms with van der Waals surface area (Å²) in [5.74, 6) is 0.868. The van der Waals surface area contributed by atoms with Crippen LogP contribution in [0.3, 0.4) is 0 Å². The van der Waals surface area contributed by atoms with Crippen molar-refractivity contribution < 1.29 is 0 Å². The minimum absolute atomic E-state index is 0.621. The van der Waals surface area contributed by atoms with Gasteiger partial charge in [-0.1, -0.05) is 33.1 Å². The number of aryl methyl sites for hydroxylation is 1. The Morgan fingerprint density at radius 2 is 2.06 bits per heavy atom. The Labute approximate surface area is 110 Å². The molecule has 1 N–H and O–H groups in total. The first-order valence-electron chi connectivity index (χ1n) is 7.16.